The van der Waals surface area contributed by atoms with Crippen LogP contribution in [0.2, 0.25) is 0 Å². The van der Waals surface area contributed by atoms with Gasteiger partial charge in [0.1, 0.15) is 11.9 Å². The van der Waals surface area contributed by atoms with E-state index in [2.05, 4.69) is 15.5 Å². The predicted octanol–water partition coefficient (Wildman–Crippen LogP) is 1.85. The number of rotatable bonds is 2. The van der Waals surface area contributed by atoms with E-state index in [0.717, 1.165) is 12.1 Å². The molecular formula is C13H14FN3O2. The molecule has 0 radical (unpaired) electrons. The smallest absolute Gasteiger partial charge is 0.246 e. The fourth-order valence-electron chi connectivity index (χ4n) is 2.05. The molecule has 0 aliphatic carbocycles. The van der Waals surface area contributed by atoms with Crippen molar-refractivity contribution in [3.8, 4) is 11.4 Å². The van der Waals surface area contributed by atoms with Gasteiger partial charge in [0.05, 0.1) is 13.2 Å². The number of nitrogens with zero attached hydrogens (tertiary/aromatic N) is 2. The molecule has 1 aliphatic rings. The first-order chi connectivity index (χ1) is 9.24. The summed E-state index contributed by atoms with van der Waals surface area (Å²) in [6, 6.07) is 4.43. The van der Waals surface area contributed by atoms with Gasteiger partial charge >= 0.3 is 0 Å². The van der Waals surface area contributed by atoms with Gasteiger partial charge in [0.15, 0.2) is 0 Å². The van der Waals surface area contributed by atoms with Crippen molar-refractivity contribution in [1.29, 1.82) is 0 Å². The molecule has 1 saturated heterocycles. The number of morpholine rings is 1. The van der Waals surface area contributed by atoms with Gasteiger partial charge in [-0.05, 0) is 24.6 Å². The topological polar surface area (TPSA) is 60.2 Å². The van der Waals surface area contributed by atoms with E-state index in [-0.39, 0.29) is 11.9 Å². The van der Waals surface area contributed by atoms with Gasteiger partial charge in [-0.3, -0.25) is 0 Å². The standard InChI is InChI=1S/C13H14FN3O2/c1-8-2-3-9(14)6-10(8)12-16-13(19-17-12)11-7-18-5-4-15-11/h2-3,6,11,15H,4-5,7H2,1H3. The fourth-order valence-corrected chi connectivity index (χ4v) is 2.05. The van der Waals surface area contributed by atoms with Crippen molar-refractivity contribution in [3.05, 3.63) is 35.5 Å². The Bertz CT molecular complexity index is 579. The Hall–Kier alpha value is -1.79. The quantitative estimate of drug-likeness (QED) is 0.896. The van der Waals surface area contributed by atoms with Gasteiger partial charge in [-0.15, -0.1) is 0 Å². The first-order valence-corrected chi connectivity index (χ1v) is 6.15. The molecule has 1 unspecified atom stereocenters. The summed E-state index contributed by atoms with van der Waals surface area (Å²) >= 11 is 0. The number of hydrogen-bond acceptors (Lipinski definition) is 5. The number of hydrogen-bond donors (Lipinski definition) is 1. The average Bonchev–Trinajstić information content (AvgIpc) is 2.92. The zero-order chi connectivity index (χ0) is 13.2. The molecule has 1 N–H and O–H groups in total. The van der Waals surface area contributed by atoms with Crippen molar-refractivity contribution in [2.75, 3.05) is 19.8 Å². The molecular weight excluding hydrogens is 249 g/mol. The second kappa shape index (κ2) is 5.07. The summed E-state index contributed by atoms with van der Waals surface area (Å²) in [4.78, 5) is 4.32. The number of ether oxygens (including phenoxy) is 1. The minimum absolute atomic E-state index is 0.0936. The molecule has 0 bridgehead atoms. The zero-order valence-corrected chi connectivity index (χ0v) is 10.5. The van der Waals surface area contributed by atoms with Crippen molar-refractivity contribution in [2.45, 2.75) is 13.0 Å². The lowest BCUT2D eigenvalue weighted by atomic mass is 10.1. The largest absolute Gasteiger partial charge is 0.378 e. The van der Waals surface area contributed by atoms with E-state index in [1.54, 1.807) is 6.07 Å². The average molecular weight is 263 g/mol. The van der Waals surface area contributed by atoms with Crippen LogP contribution in [0.1, 0.15) is 17.5 Å². The van der Waals surface area contributed by atoms with Crippen LogP contribution < -0.4 is 5.32 Å². The predicted molar refractivity (Wildman–Crippen MR) is 66.0 cm³/mol. The Balaban J connectivity index is 1.89. The highest BCUT2D eigenvalue weighted by molar-refractivity contribution is 5.59. The number of aromatic nitrogens is 2. The van der Waals surface area contributed by atoms with E-state index in [9.17, 15) is 4.39 Å². The van der Waals surface area contributed by atoms with Crippen molar-refractivity contribution < 1.29 is 13.7 Å². The summed E-state index contributed by atoms with van der Waals surface area (Å²) in [5, 5.41) is 7.15. The molecule has 0 amide bonds. The van der Waals surface area contributed by atoms with E-state index >= 15 is 0 Å². The van der Waals surface area contributed by atoms with Gasteiger partial charge in [0.25, 0.3) is 0 Å². The summed E-state index contributed by atoms with van der Waals surface area (Å²) in [6.07, 6.45) is 0. The summed E-state index contributed by atoms with van der Waals surface area (Å²) in [6.45, 7) is 3.82. The number of aryl methyl sites for hydroxylation is 1. The van der Waals surface area contributed by atoms with Gasteiger partial charge in [-0.25, -0.2) is 4.39 Å². The number of nitrogens with one attached hydrogen (secondary N) is 1. The Labute approximate surface area is 109 Å². The molecule has 1 atom stereocenters. The van der Waals surface area contributed by atoms with Gasteiger partial charge in [-0.1, -0.05) is 11.2 Å². The molecule has 2 aromatic rings. The van der Waals surface area contributed by atoms with Gasteiger partial charge in [0, 0.05) is 12.1 Å². The third-order valence-corrected chi connectivity index (χ3v) is 3.10. The van der Waals surface area contributed by atoms with E-state index in [1.165, 1.54) is 12.1 Å². The summed E-state index contributed by atoms with van der Waals surface area (Å²) < 4.78 is 23.8. The van der Waals surface area contributed by atoms with Gasteiger partial charge in [-0.2, -0.15) is 4.98 Å². The van der Waals surface area contributed by atoms with Gasteiger partial charge < -0.3 is 14.6 Å². The van der Waals surface area contributed by atoms with Crippen LogP contribution in [0.15, 0.2) is 22.7 Å². The van der Waals surface area contributed by atoms with Crippen molar-refractivity contribution >= 4 is 0 Å². The first kappa shape index (κ1) is 12.3. The SMILES string of the molecule is Cc1ccc(F)cc1-c1noc(C2COCCN2)n1. The third-order valence-electron chi connectivity index (χ3n) is 3.10. The van der Waals surface area contributed by atoms with Crippen LogP contribution in [0, 0.1) is 12.7 Å². The highest BCUT2D eigenvalue weighted by Gasteiger charge is 2.22. The van der Waals surface area contributed by atoms with Crippen molar-refractivity contribution in [2.24, 2.45) is 0 Å². The number of benzene rings is 1. The molecule has 19 heavy (non-hydrogen) atoms. The molecule has 5 nitrogen and oxygen atoms in total. The van der Waals surface area contributed by atoms with Crippen LogP contribution in [0.25, 0.3) is 11.4 Å². The van der Waals surface area contributed by atoms with Gasteiger partial charge in [0.2, 0.25) is 11.7 Å². The zero-order valence-electron chi connectivity index (χ0n) is 10.5. The van der Waals surface area contributed by atoms with Crippen LogP contribution >= 0.6 is 0 Å². The molecule has 2 heterocycles. The highest BCUT2D eigenvalue weighted by Crippen LogP contribution is 2.23. The van der Waals surface area contributed by atoms with Crippen LogP contribution in [0.4, 0.5) is 4.39 Å². The Morgan fingerprint density at radius 2 is 2.32 bits per heavy atom. The van der Waals surface area contributed by atoms with Crippen LogP contribution in [0.5, 0.6) is 0 Å². The van der Waals surface area contributed by atoms with E-state index in [1.807, 2.05) is 6.92 Å². The monoisotopic (exact) mass is 263 g/mol. The van der Waals surface area contributed by atoms with E-state index in [4.69, 9.17) is 9.26 Å². The summed E-state index contributed by atoms with van der Waals surface area (Å²) in [5.74, 6) is 0.559. The lowest BCUT2D eigenvalue weighted by molar-refractivity contribution is 0.0659. The Kier molecular flexibility index (Phi) is 3.27. The normalized spacial score (nSPS) is 19.6. The minimum Gasteiger partial charge on any atom is -0.378 e. The molecule has 1 aromatic heterocycles. The minimum atomic E-state index is -0.314. The molecule has 100 valence electrons. The Morgan fingerprint density at radius 3 is 3.11 bits per heavy atom. The van der Waals surface area contributed by atoms with E-state index in [0.29, 0.717) is 30.5 Å². The second-order valence-corrected chi connectivity index (χ2v) is 4.50. The van der Waals surface area contributed by atoms with Crippen molar-refractivity contribution in [3.63, 3.8) is 0 Å². The molecule has 6 heteroatoms. The van der Waals surface area contributed by atoms with Crippen LogP contribution in [-0.4, -0.2) is 29.9 Å². The first-order valence-electron chi connectivity index (χ1n) is 6.15. The van der Waals surface area contributed by atoms with Crippen molar-refractivity contribution in [1.82, 2.24) is 15.5 Å². The highest BCUT2D eigenvalue weighted by atomic mass is 19.1. The lowest BCUT2D eigenvalue weighted by Crippen LogP contribution is -2.34. The maximum absolute atomic E-state index is 13.3. The van der Waals surface area contributed by atoms with E-state index < -0.39 is 0 Å². The molecule has 1 aromatic carbocycles. The molecule has 1 aliphatic heterocycles. The molecule has 3 rings (SSSR count). The maximum Gasteiger partial charge on any atom is 0.246 e. The molecule has 0 saturated carbocycles. The molecule has 1 fully saturated rings. The number of halogens is 1. The fraction of sp³-hybridized carbons (Fsp3) is 0.385. The van der Waals surface area contributed by atoms with Crippen LogP contribution in [0.3, 0.4) is 0 Å². The maximum atomic E-state index is 13.3. The lowest BCUT2D eigenvalue weighted by Gasteiger charge is -2.20. The second-order valence-electron chi connectivity index (χ2n) is 4.50. The third kappa shape index (κ3) is 2.50. The Morgan fingerprint density at radius 1 is 1.42 bits per heavy atom. The summed E-state index contributed by atoms with van der Waals surface area (Å²) in [5.41, 5.74) is 1.55. The summed E-state index contributed by atoms with van der Waals surface area (Å²) in [7, 11) is 0. The van der Waals surface area contributed by atoms with Crippen LogP contribution in [-0.2, 0) is 4.74 Å². The molecule has 0 spiro atoms.